The molecule has 3 rings (SSSR count). The topological polar surface area (TPSA) is 68.3 Å². The summed E-state index contributed by atoms with van der Waals surface area (Å²) >= 11 is 0. The standard InChI is InChI=1S/C21H24N2O3/c1-14-18(12-13-19(22-14)16-8-4-3-5-9-16)21(25)26-15(2)20(24)23-17-10-6-7-11-17/h3-5,8-9,12-13,15,17H,6-7,10-11H2,1-2H3,(H,23,24)/t15-/m0/s1. The van der Waals surface area contributed by atoms with Gasteiger partial charge in [0.05, 0.1) is 17.0 Å². The molecule has 0 saturated heterocycles. The van der Waals surface area contributed by atoms with Crippen molar-refractivity contribution in [1.29, 1.82) is 0 Å². The molecule has 0 unspecified atom stereocenters. The van der Waals surface area contributed by atoms with Crippen molar-refractivity contribution in [2.75, 3.05) is 0 Å². The van der Waals surface area contributed by atoms with E-state index in [1.807, 2.05) is 30.3 Å². The molecule has 1 aliphatic rings. The molecule has 1 aromatic carbocycles. The van der Waals surface area contributed by atoms with Crippen LogP contribution in [0.2, 0.25) is 0 Å². The largest absolute Gasteiger partial charge is 0.449 e. The Hall–Kier alpha value is -2.69. The van der Waals surface area contributed by atoms with Crippen LogP contribution in [0.1, 0.15) is 48.7 Å². The molecular formula is C21H24N2O3. The highest BCUT2D eigenvalue weighted by Gasteiger charge is 2.24. The van der Waals surface area contributed by atoms with E-state index >= 15 is 0 Å². The van der Waals surface area contributed by atoms with Gasteiger partial charge >= 0.3 is 5.97 Å². The van der Waals surface area contributed by atoms with Gasteiger partial charge in [0, 0.05) is 11.6 Å². The second-order valence-corrected chi connectivity index (χ2v) is 6.73. The maximum atomic E-state index is 12.4. The van der Waals surface area contributed by atoms with Crippen molar-refractivity contribution in [3.63, 3.8) is 0 Å². The van der Waals surface area contributed by atoms with E-state index < -0.39 is 12.1 Å². The van der Waals surface area contributed by atoms with Crippen molar-refractivity contribution in [1.82, 2.24) is 10.3 Å². The van der Waals surface area contributed by atoms with Gasteiger partial charge in [-0.25, -0.2) is 4.79 Å². The molecule has 26 heavy (non-hydrogen) atoms. The van der Waals surface area contributed by atoms with Crippen molar-refractivity contribution in [3.8, 4) is 11.3 Å². The number of pyridine rings is 1. The van der Waals surface area contributed by atoms with E-state index in [2.05, 4.69) is 10.3 Å². The van der Waals surface area contributed by atoms with E-state index in [9.17, 15) is 9.59 Å². The lowest BCUT2D eigenvalue weighted by Crippen LogP contribution is -2.40. The van der Waals surface area contributed by atoms with Crippen LogP contribution in [0.25, 0.3) is 11.3 Å². The monoisotopic (exact) mass is 352 g/mol. The first-order valence-electron chi connectivity index (χ1n) is 9.09. The molecule has 1 aliphatic carbocycles. The van der Waals surface area contributed by atoms with Crippen LogP contribution in [-0.2, 0) is 9.53 Å². The van der Waals surface area contributed by atoms with Crippen molar-refractivity contribution in [2.24, 2.45) is 0 Å². The zero-order valence-electron chi connectivity index (χ0n) is 15.2. The summed E-state index contributed by atoms with van der Waals surface area (Å²) in [5, 5.41) is 2.95. The molecular weight excluding hydrogens is 328 g/mol. The van der Waals surface area contributed by atoms with E-state index in [1.54, 1.807) is 26.0 Å². The summed E-state index contributed by atoms with van der Waals surface area (Å²) in [5.74, 6) is -0.763. The number of aryl methyl sites for hydroxylation is 1. The SMILES string of the molecule is Cc1nc(-c2ccccc2)ccc1C(=O)O[C@@H](C)C(=O)NC1CCCC1. The molecule has 1 atom stereocenters. The Balaban J connectivity index is 1.64. The predicted molar refractivity (Wildman–Crippen MR) is 99.7 cm³/mol. The summed E-state index contributed by atoms with van der Waals surface area (Å²) in [6.07, 6.45) is 3.44. The first kappa shape index (κ1) is 18.1. The number of benzene rings is 1. The summed E-state index contributed by atoms with van der Waals surface area (Å²) in [5.41, 5.74) is 2.75. The fourth-order valence-electron chi connectivity index (χ4n) is 3.21. The lowest BCUT2D eigenvalue weighted by atomic mass is 10.1. The normalized spacial score (nSPS) is 15.5. The maximum absolute atomic E-state index is 12.4. The first-order valence-corrected chi connectivity index (χ1v) is 9.09. The van der Waals surface area contributed by atoms with Crippen LogP contribution >= 0.6 is 0 Å². The molecule has 136 valence electrons. The second kappa shape index (κ2) is 8.13. The molecule has 0 bridgehead atoms. The Labute approximate surface area is 153 Å². The molecule has 1 aromatic heterocycles. The Kier molecular flexibility index (Phi) is 5.66. The molecule has 5 nitrogen and oxygen atoms in total. The van der Waals surface area contributed by atoms with Gasteiger partial charge < -0.3 is 10.1 Å². The number of carbonyl (C=O) groups is 2. The van der Waals surface area contributed by atoms with Crippen LogP contribution in [0.3, 0.4) is 0 Å². The highest BCUT2D eigenvalue weighted by Crippen LogP contribution is 2.20. The van der Waals surface area contributed by atoms with Crippen molar-refractivity contribution < 1.29 is 14.3 Å². The lowest BCUT2D eigenvalue weighted by molar-refractivity contribution is -0.129. The van der Waals surface area contributed by atoms with Crippen LogP contribution in [-0.4, -0.2) is 29.0 Å². The summed E-state index contributed by atoms with van der Waals surface area (Å²) in [6, 6.07) is 13.5. The Morgan fingerprint density at radius 2 is 1.81 bits per heavy atom. The number of amides is 1. The Bertz CT molecular complexity index is 783. The van der Waals surface area contributed by atoms with Gasteiger partial charge in [0.1, 0.15) is 0 Å². The summed E-state index contributed by atoms with van der Waals surface area (Å²) in [7, 11) is 0. The van der Waals surface area contributed by atoms with Gasteiger partial charge in [-0.15, -0.1) is 0 Å². The summed E-state index contributed by atoms with van der Waals surface area (Å²) < 4.78 is 5.34. The van der Waals surface area contributed by atoms with E-state index in [1.165, 1.54) is 0 Å². The van der Waals surface area contributed by atoms with Gasteiger partial charge in [-0.05, 0) is 38.8 Å². The number of rotatable bonds is 5. The second-order valence-electron chi connectivity index (χ2n) is 6.73. The maximum Gasteiger partial charge on any atom is 0.340 e. The van der Waals surface area contributed by atoms with Gasteiger partial charge in [0.25, 0.3) is 5.91 Å². The number of hydrogen-bond donors (Lipinski definition) is 1. The minimum absolute atomic E-state index is 0.206. The highest BCUT2D eigenvalue weighted by molar-refractivity contribution is 5.93. The van der Waals surface area contributed by atoms with Crippen LogP contribution in [0.15, 0.2) is 42.5 Å². The van der Waals surface area contributed by atoms with E-state index in [0.29, 0.717) is 11.3 Å². The fraction of sp³-hybridized carbons (Fsp3) is 0.381. The molecule has 0 spiro atoms. The highest BCUT2D eigenvalue weighted by atomic mass is 16.5. The first-order chi connectivity index (χ1) is 12.5. The number of nitrogens with zero attached hydrogens (tertiary/aromatic N) is 1. The molecule has 1 N–H and O–H groups in total. The van der Waals surface area contributed by atoms with Gasteiger partial charge in [0.15, 0.2) is 6.10 Å². The van der Waals surface area contributed by atoms with E-state index in [4.69, 9.17) is 4.74 Å². The van der Waals surface area contributed by atoms with Crippen LogP contribution in [0.5, 0.6) is 0 Å². The van der Waals surface area contributed by atoms with Gasteiger partial charge in [-0.2, -0.15) is 0 Å². The molecule has 2 aromatic rings. The molecule has 1 fully saturated rings. The smallest absolute Gasteiger partial charge is 0.340 e. The van der Waals surface area contributed by atoms with Crippen molar-refractivity contribution in [2.45, 2.75) is 51.7 Å². The third-order valence-electron chi connectivity index (χ3n) is 4.73. The van der Waals surface area contributed by atoms with Crippen LogP contribution in [0.4, 0.5) is 0 Å². The van der Waals surface area contributed by atoms with Gasteiger partial charge in [0.2, 0.25) is 0 Å². The van der Waals surface area contributed by atoms with Gasteiger partial charge in [-0.1, -0.05) is 43.2 Å². The Morgan fingerprint density at radius 3 is 2.46 bits per heavy atom. The number of ether oxygens (including phenoxy) is 1. The van der Waals surface area contributed by atoms with Crippen LogP contribution in [0, 0.1) is 6.92 Å². The van der Waals surface area contributed by atoms with Crippen molar-refractivity contribution >= 4 is 11.9 Å². The third-order valence-corrected chi connectivity index (χ3v) is 4.73. The molecule has 1 saturated carbocycles. The number of nitrogens with one attached hydrogen (secondary N) is 1. The summed E-state index contributed by atoms with van der Waals surface area (Å²) in [6.45, 7) is 3.37. The minimum Gasteiger partial charge on any atom is -0.449 e. The molecule has 0 aliphatic heterocycles. The van der Waals surface area contributed by atoms with E-state index in [0.717, 1.165) is 36.9 Å². The zero-order chi connectivity index (χ0) is 18.5. The van der Waals surface area contributed by atoms with E-state index in [-0.39, 0.29) is 11.9 Å². The fourth-order valence-corrected chi connectivity index (χ4v) is 3.21. The average molecular weight is 352 g/mol. The molecule has 1 amide bonds. The minimum atomic E-state index is -0.823. The predicted octanol–water partition coefficient (Wildman–Crippen LogP) is 3.66. The number of hydrogen-bond acceptors (Lipinski definition) is 4. The van der Waals surface area contributed by atoms with Crippen molar-refractivity contribution in [3.05, 3.63) is 53.7 Å². The molecule has 5 heteroatoms. The molecule has 1 heterocycles. The van der Waals surface area contributed by atoms with Crippen LogP contribution < -0.4 is 5.32 Å². The zero-order valence-corrected chi connectivity index (χ0v) is 15.2. The number of aromatic nitrogens is 1. The third kappa shape index (κ3) is 4.28. The lowest BCUT2D eigenvalue weighted by Gasteiger charge is -2.17. The number of carbonyl (C=O) groups excluding carboxylic acids is 2. The average Bonchev–Trinajstić information content (AvgIpc) is 3.15. The quantitative estimate of drug-likeness (QED) is 0.834. The molecule has 0 radical (unpaired) electrons. The van der Waals surface area contributed by atoms with Gasteiger partial charge in [-0.3, -0.25) is 9.78 Å². The Morgan fingerprint density at radius 1 is 1.12 bits per heavy atom. The number of esters is 1. The summed E-state index contributed by atoms with van der Waals surface area (Å²) in [4.78, 5) is 29.1.